The van der Waals surface area contributed by atoms with E-state index in [9.17, 15) is 21.6 Å². The van der Waals surface area contributed by atoms with Crippen molar-refractivity contribution in [3.8, 4) is 0 Å². The number of anilines is 2. The fraction of sp³-hybridized carbons (Fsp3) is 0.333. The first-order valence-electron chi connectivity index (χ1n) is 8.55. The topological polar surface area (TPSA) is 52.7 Å². The molecule has 27 heavy (non-hydrogen) atoms. The highest BCUT2D eigenvalue weighted by Gasteiger charge is 2.39. The standard InChI is InChI=1S/C18H18F3N3O2S/c19-18(20,21)13-4-3-5-15(10-13)27(25,26)24-12-14-11-22-8-9-23(14)16-6-1-2-7-17(16)24/h1-7,10,14,22H,8-9,11-12H2. The van der Waals surface area contributed by atoms with Crippen molar-refractivity contribution in [2.24, 2.45) is 0 Å². The zero-order valence-electron chi connectivity index (χ0n) is 14.3. The van der Waals surface area contributed by atoms with Crippen molar-refractivity contribution in [1.29, 1.82) is 0 Å². The summed E-state index contributed by atoms with van der Waals surface area (Å²) in [5, 5.41) is 3.24. The van der Waals surface area contributed by atoms with Crippen LogP contribution in [-0.2, 0) is 16.2 Å². The summed E-state index contributed by atoms with van der Waals surface area (Å²) in [6.45, 7) is 2.34. The molecule has 0 saturated carbocycles. The minimum Gasteiger partial charge on any atom is -0.362 e. The lowest BCUT2D eigenvalue weighted by Gasteiger charge is -2.46. The number of rotatable bonds is 2. The second-order valence-electron chi connectivity index (χ2n) is 6.60. The Labute approximate surface area is 155 Å². The number of piperazine rings is 1. The fourth-order valence-electron chi connectivity index (χ4n) is 3.64. The lowest BCUT2D eigenvalue weighted by Crippen LogP contribution is -2.59. The van der Waals surface area contributed by atoms with E-state index in [4.69, 9.17) is 0 Å². The van der Waals surface area contributed by atoms with Gasteiger partial charge in [-0.25, -0.2) is 8.42 Å². The van der Waals surface area contributed by atoms with Crippen LogP contribution in [0.1, 0.15) is 5.56 Å². The Morgan fingerprint density at radius 1 is 1.04 bits per heavy atom. The lowest BCUT2D eigenvalue weighted by molar-refractivity contribution is -0.137. The van der Waals surface area contributed by atoms with Gasteiger partial charge >= 0.3 is 6.18 Å². The molecule has 0 aromatic heterocycles. The van der Waals surface area contributed by atoms with Gasteiger partial charge < -0.3 is 10.2 Å². The normalized spacial score (nSPS) is 20.2. The van der Waals surface area contributed by atoms with E-state index in [2.05, 4.69) is 10.2 Å². The maximum atomic E-state index is 13.2. The summed E-state index contributed by atoms with van der Waals surface area (Å²) in [5.74, 6) is 0. The predicted octanol–water partition coefficient (Wildman–Crippen LogP) is 2.69. The third-order valence-corrected chi connectivity index (χ3v) is 6.71. The quantitative estimate of drug-likeness (QED) is 0.847. The van der Waals surface area contributed by atoms with Crippen LogP contribution in [0.3, 0.4) is 0 Å². The Bertz CT molecular complexity index is 962. The molecule has 1 N–H and O–H groups in total. The highest BCUT2D eigenvalue weighted by Crippen LogP contribution is 2.39. The van der Waals surface area contributed by atoms with Crippen molar-refractivity contribution in [3.63, 3.8) is 0 Å². The van der Waals surface area contributed by atoms with E-state index in [1.165, 1.54) is 10.4 Å². The summed E-state index contributed by atoms with van der Waals surface area (Å²) in [5.41, 5.74) is 0.300. The number of hydrogen-bond acceptors (Lipinski definition) is 4. The van der Waals surface area contributed by atoms with E-state index in [-0.39, 0.29) is 17.5 Å². The van der Waals surface area contributed by atoms with Gasteiger partial charge in [0.05, 0.1) is 34.4 Å². The van der Waals surface area contributed by atoms with E-state index >= 15 is 0 Å². The van der Waals surface area contributed by atoms with Crippen LogP contribution in [0.15, 0.2) is 53.4 Å². The third-order valence-electron chi connectivity index (χ3n) is 4.94. The molecule has 2 aromatic rings. The number of alkyl halides is 3. The fourth-order valence-corrected chi connectivity index (χ4v) is 5.20. The van der Waals surface area contributed by atoms with Crippen LogP contribution in [0.5, 0.6) is 0 Å². The Kier molecular flexibility index (Phi) is 4.31. The van der Waals surface area contributed by atoms with Gasteiger partial charge in [-0.3, -0.25) is 4.31 Å². The zero-order valence-corrected chi connectivity index (χ0v) is 15.1. The molecule has 1 saturated heterocycles. The number of nitrogens with one attached hydrogen (secondary N) is 1. The molecule has 0 aliphatic carbocycles. The van der Waals surface area contributed by atoms with Gasteiger partial charge in [0.15, 0.2) is 0 Å². The van der Waals surface area contributed by atoms with Gasteiger partial charge in [-0.05, 0) is 30.3 Å². The first-order valence-corrected chi connectivity index (χ1v) is 9.99. The van der Waals surface area contributed by atoms with Crippen LogP contribution >= 0.6 is 0 Å². The number of para-hydroxylation sites is 2. The Morgan fingerprint density at radius 2 is 1.78 bits per heavy atom. The summed E-state index contributed by atoms with van der Waals surface area (Å²) in [6, 6.07) is 10.9. The van der Waals surface area contributed by atoms with Crippen LogP contribution in [0, 0.1) is 0 Å². The summed E-state index contributed by atoms with van der Waals surface area (Å²) >= 11 is 0. The summed E-state index contributed by atoms with van der Waals surface area (Å²) in [7, 11) is -4.13. The van der Waals surface area contributed by atoms with Crippen LogP contribution in [0.25, 0.3) is 0 Å². The molecule has 2 aliphatic heterocycles. The van der Waals surface area contributed by atoms with Gasteiger partial charge in [0.25, 0.3) is 10.0 Å². The summed E-state index contributed by atoms with van der Waals surface area (Å²) < 4.78 is 66.8. The van der Waals surface area contributed by atoms with E-state index < -0.39 is 21.8 Å². The van der Waals surface area contributed by atoms with Gasteiger partial charge in [-0.2, -0.15) is 13.2 Å². The molecule has 1 unspecified atom stereocenters. The second kappa shape index (κ2) is 6.42. The molecule has 0 spiro atoms. The molecule has 1 fully saturated rings. The Balaban J connectivity index is 1.80. The smallest absolute Gasteiger partial charge is 0.362 e. The third kappa shape index (κ3) is 3.14. The van der Waals surface area contributed by atoms with Crippen molar-refractivity contribution in [1.82, 2.24) is 5.32 Å². The van der Waals surface area contributed by atoms with Crippen LogP contribution < -0.4 is 14.5 Å². The number of benzene rings is 2. The maximum Gasteiger partial charge on any atom is 0.416 e. The molecule has 9 heteroatoms. The van der Waals surface area contributed by atoms with Gasteiger partial charge in [0.1, 0.15) is 0 Å². The highest BCUT2D eigenvalue weighted by molar-refractivity contribution is 7.92. The van der Waals surface area contributed by atoms with Gasteiger partial charge in [-0.15, -0.1) is 0 Å². The van der Waals surface area contributed by atoms with Crippen molar-refractivity contribution in [3.05, 3.63) is 54.1 Å². The van der Waals surface area contributed by atoms with Crippen molar-refractivity contribution in [2.45, 2.75) is 17.1 Å². The van der Waals surface area contributed by atoms with E-state index in [0.717, 1.165) is 30.9 Å². The molecule has 0 radical (unpaired) electrons. The maximum absolute atomic E-state index is 13.2. The van der Waals surface area contributed by atoms with Crippen LogP contribution in [0.4, 0.5) is 24.5 Å². The molecule has 0 bridgehead atoms. The minimum atomic E-state index is -4.60. The molecule has 2 aliphatic rings. The number of nitrogens with zero attached hydrogens (tertiary/aromatic N) is 2. The molecule has 4 rings (SSSR count). The molecule has 2 aromatic carbocycles. The van der Waals surface area contributed by atoms with Crippen LogP contribution in [-0.4, -0.2) is 40.6 Å². The predicted molar refractivity (Wildman–Crippen MR) is 96.4 cm³/mol. The summed E-state index contributed by atoms with van der Waals surface area (Å²) in [4.78, 5) is 1.80. The van der Waals surface area contributed by atoms with Gasteiger partial charge in [0.2, 0.25) is 0 Å². The molecule has 0 amide bonds. The number of halogens is 3. The van der Waals surface area contributed by atoms with Crippen LogP contribution in [0.2, 0.25) is 0 Å². The monoisotopic (exact) mass is 397 g/mol. The van der Waals surface area contributed by atoms with Gasteiger partial charge in [0, 0.05) is 19.6 Å². The molecular weight excluding hydrogens is 379 g/mol. The average Bonchev–Trinajstić information content (AvgIpc) is 2.67. The summed E-state index contributed by atoms with van der Waals surface area (Å²) in [6.07, 6.45) is -4.60. The first-order chi connectivity index (χ1) is 12.8. The molecule has 5 nitrogen and oxygen atoms in total. The van der Waals surface area contributed by atoms with E-state index in [1.807, 2.05) is 12.1 Å². The lowest BCUT2D eigenvalue weighted by atomic mass is 10.1. The van der Waals surface area contributed by atoms with Crippen molar-refractivity contribution >= 4 is 21.4 Å². The average molecular weight is 397 g/mol. The molecule has 1 atom stereocenters. The highest BCUT2D eigenvalue weighted by atomic mass is 32.2. The second-order valence-corrected chi connectivity index (χ2v) is 8.46. The SMILES string of the molecule is O=S(=O)(c1cccc(C(F)(F)F)c1)N1CC2CNCCN2c2ccccc21. The Hall–Kier alpha value is -2.26. The van der Waals surface area contributed by atoms with Crippen molar-refractivity contribution < 1.29 is 21.6 Å². The molecular formula is C18H18F3N3O2S. The van der Waals surface area contributed by atoms with E-state index in [1.54, 1.807) is 12.1 Å². The van der Waals surface area contributed by atoms with Gasteiger partial charge in [-0.1, -0.05) is 18.2 Å². The number of fused-ring (bicyclic) bond motifs is 3. The van der Waals surface area contributed by atoms with E-state index in [0.29, 0.717) is 18.3 Å². The molecule has 144 valence electrons. The zero-order chi connectivity index (χ0) is 19.2. The Morgan fingerprint density at radius 3 is 2.52 bits per heavy atom. The van der Waals surface area contributed by atoms with Crippen molar-refractivity contribution in [2.75, 3.05) is 35.4 Å². The number of hydrogen-bond donors (Lipinski definition) is 1. The largest absolute Gasteiger partial charge is 0.416 e. The number of sulfonamides is 1. The minimum absolute atomic E-state index is 0.0748. The first kappa shape index (κ1) is 18.1. The molecule has 2 heterocycles.